The number of carbonyl (C=O) groups is 1. The van der Waals surface area contributed by atoms with Crippen LogP contribution in [0.1, 0.15) is 33.5 Å². The molecule has 0 aliphatic heterocycles. The van der Waals surface area contributed by atoms with E-state index < -0.39 is 5.97 Å². The van der Waals surface area contributed by atoms with Crippen molar-refractivity contribution >= 4 is 5.97 Å². The van der Waals surface area contributed by atoms with Gasteiger partial charge in [-0.15, -0.1) is 10.2 Å². The monoisotopic (exact) mass is 378 g/mol. The first-order valence-corrected chi connectivity index (χ1v) is 8.69. The van der Waals surface area contributed by atoms with Crippen LogP contribution in [-0.4, -0.2) is 25.9 Å². The number of ether oxygens (including phenoxy) is 1. The molecular weight excluding hydrogens is 360 g/mol. The quantitative estimate of drug-likeness (QED) is 0.487. The molecule has 4 aromatic rings. The van der Waals surface area contributed by atoms with Gasteiger partial charge in [-0.25, -0.2) is 9.48 Å². The molecule has 28 heavy (non-hydrogen) atoms. The Kier molecular flexibility index (Phi) is 4.52. The summed E-state index contributed by atoms with van der Waals surface area (Å²) in [7, 11) is 0. The maximum Gasteiger partial charge on any atom is 0.338 e. The summed E-state index contributed by atoms with van der Waals surface area (Å²) >= 11 is 0. The van der Waals surface area contributed by atoms with E-state index >= 15 is 0 Å². The maximum absolute atomic E-state index is 12.3. The van der Waals surface area contributed by atoms with Crippen molar-refractivity contribution in [3.05, 3.63) is 71.3 Å². The van der Waals surface area contributed by atoms with Gasteiger partial charge in [-0.3, -0.25) is 0 Å². The number of esters is 1. The highest BCUT2D eigenvalue weighted by Crippen LogP contribution is 2.25. The lowest BCUT2D eigenvalue weighted by Crippen LogP contribution is -2.06. The standard InChI is InChI=1S/C20H18N4O4/c1-12-8-9-21-24(12)16-6-4-15(5-7-16)20(25)26-11-18-22-23-19(28-18)17-10-13(2)27-14(17)3/h4-10H,11H2,1-3H3. The van der Waals surface area contributed by atoms with Gasteiger partial charge in [-0.1, -0.05) is 0 Å². The van der Waals surface area contributed by atoms with E-state index in [-0.39, 0.29) is 12.5 Å². The SMILES string of the molecule is Cc1cc(-c2nnc(COC(=O)c3ccc(-n4nccc4C)cc3)o2)c(C)o1. The number of rotatable bonds is 5. The molecule has 0 N–H and O–H groups in total. The molecule has 8 nitrogen and oxygen atoms in total. The van der Waals surface area contributed by atoms with Crippen LogP contribution in [0.4, 0.5) is 0 Å². The number of aromatic nitrogens is 4. The number of hydrogen-bond donors (Lipinski definition) is 0. The van der Waals surface area contributed by atoms with E-state index in [1.165, 1.54) is 0 Å². The minimum absolute atomic E-state index is 0.109. The second-order valence-electron chi connectivity index (χ2n) is 6.34. The summed E-state index contributed by atoms with van der Waals surface area (Å²) in [6, 6.07) is 10.7. The van der Waals surface area contributed by atoms with Crippen LogP contribution >= 0.6 is 0 Å². The smallest absolute Gasteiger partial charge is 0.338 e. The second-order valence-corrected chi connectivity index (χ2v) is 6.34. The number of carbonyl (C=O) groups excluding carboxylic acids is 1. The van der Waals surface area contributed by atoms with Crippen molar-refractivity contribution in [2.24, 2.45) is 0 Å². The average Bonchev–Trinajstić information content (AvgIpc) is 3.40. The summed E-state index contributed by atoms with van der Waals surface area (Å²) in [5, 5.41) is 12.1. The molecule has 0 unspecified atom stereocenters. The van der Waals surface area contributed by atoms with Gasteiger partial charge in [0.25, 0.3) is 11.8 Å². The number of benzene rings is 1. The summed E-state index contributed by atoms with van der Waals surface area (Å²) in [6.45, 7) is 5.51. The Labute approximate surface area is 160 Å². The molecule has 0 amide bonds. The molecule has 0 radical (unpaired) electrons. The minimum Gasteiger partial charge on any atom is -0.466 e. The van der Waals surface area contributed by atoms with Crippen LogP contribution in [0.5, 0.6) is 0 Å². The Morgan fingerprint density at radius 2 is 1.86 bits per heavy atom. The van der Waals surface area contributed by atoms with Crippen LogP contribution in [-0.2, 0) is 11.3 Å². The highest BCUT2D eigenvalue weighted by atomic mass is 16.5. The molecule has 0 saturated carbocycles. The highest BCUT2D eigenvalue weighted by Gasteiger charge is 2.16. The van der Waals surface area contributed by atoms with Gasteiger partial charge in [-0.2, -0.15) is 5.10 Å². The lowest BCUT2D eigenvalue weighted by molar-refractivity contribution is 0.0438. The van der Waals surface area contributed by atoms with Crippen LogP contribution in [0.25, 0.3) is 17.1 Å². The van der Waals surface area contributed by atoms with Crippen molar-refractivity contribution in [3.8, 4) is 17.1 Å². The molecule has 4 rings (SSSR count). The first-order chi connectivity index (χ1) is 13.5. The van der Waals surface area contributed by atoms with Crippen molar-refractivity contribution in [1.29, 1.82) is 0 Å². The van der Waals surface area contributed by atoms with E-state index in [0.717, 1.165) is 22.7 Å². The summed E-state index contributed by atoms with van der Waals surface area (Å²) in [4.78, 5) is 12.3. The molecule has 0 bridgehead atoms. The Balaban J connectivity index is 1.41. The number of furan rings is 1. The van der Waals surface area contributed by atoms with Gasteiger partial charge >= 0.3 is 5.97 Å². The van der Waals surface area contributed by atoms with Gasteiger partial charge in [0.05, 0.1) is 16.8 Å². The Morgan fingerprint density at radius 3 is 2.50 bits per heavy atom. The van der Waals surface area contributed by atoms with E-state index in [0.29, 0.717) is 17.2 Å². The first kappa shape index (κ1) is 17.7. The summed E-state index contributed by atoms with van der Waals surface area (Å²) in [6.07, 6.45) is 1.72. The molecule has 0 spiro atoms. The fourth-order valence-corrected chi connectivity index (χ4v) is 2.85. The molecule has 0 fully saturated rings. The van der Waals surface area contributed by atoms with Crippen molar-refractivity contribution in [2.75, 3.05) is 0 Å². The minimum atomic E-state index is -0.473. The van der Waals surface area contributed by atoms with Crippen LogP contribution in [0, 0.1) is 20.8 Å². The fraction of sp³-hybridized carbons (Fsp3) is 0.200. The third-order valence-electron chi connectivity index (χ3n) is 4.24. The number of hydrogen-bond acceptors (Lipinski definition) is 7. The van der Waals surface area contributed by atoms with Gasteiger partial charge in [0, 0.05) is 11.9 Å². The highest BCUT2D eigenvalue weighted by molar-refractivity contribution is 5.89. The molecule has 3 heterocycles. The fourth-order valence-electron chi connectivity index (χ4n) is 2.85. The van der Waals surface area contributed by atoms with Gasteiger partial charge in [0.2, 0.25) is 0 Å². The molecule has 0 aliphatic rings. The second kappa shape index (κ2) is 7.15. The van der Waals surface area contributed by atoms with Crippen molar-refractivity contribution in [2.45, 2.75) is 27.4 Å². The Hall–Kier alpha value is -3.68. The zero-order chi connectivity index (χ0) is 19.7. The van der Waals surface area contributed by atoms with Crippen LogP contribution in [0.2, 0.25) is 0 Å². The van der Waals surface area contributed by atoms with E-state index in [9.17, 15) is 4.79 Å². The van der Waals surface area contributed by atoms with Gasteiger partial charge in [0.1, 0.15) is 11.5 Å². The van der Waals surface area contributed by atoms with Crippen LogP contribution < -0.4 is 0 Å². The molecule has 142 valence electrons. The van der Waals surface area contributed by atoms with Gasteiger partial charge in [0.15, 0.2) is 6.61 Å². The Bertz CT molecular complexity index is 1120. The molecule has 1 aromatic carbocycles. The zero-order valence-corrected chi connectivity index (χ0v) is 15.7. The number of nitrogens with zero attached hydrogens (tertiary/aromatic N) is 4. The number of aryl methyl sites for hydroxylation is 3. The summed E-state index contributed by atoms with van der Waals surface area (Å²) < 4.78 is 18.1. The van der Waals surface area contributed by atoms with E-state index in [1.54, 1.807) is 23.0 Å². The predicted octanol–water partition coefficient (Wildman–Crippen LogP) is 3.80. The molecular formula is C20H18N4O4. The predicted molar refractivity (Wildman–Crippen MR) is 98.9 cm³/mol. The van der Waals surface area contributed by atoms with E-state index in [2.05, 4.69) is 15.3 Å². The molecule has 0 atom stereocenters. The maximum atomic E-state index is 12.3. The molecule has 0 aliphatic carbocycles. The molecule has 0 saturated heterocycles. The van der Waals surface area contributed by atoms with Gasteiger partial charge in [-0.05, 0) is 57.2 Å². The molecule has 8 heteroatoms. The van der Waals surface area contributed by atoms with Crippen LogP contribution in [0.15, 0.2) is 51.4 Å². The normalized spacial score (nSPS) is 11.0. The Morgan fingerprint density at radius 1 is 1.07 bits per heavy atom. The molecule has 3 aromatic heterocycles. The third kappa shape index (κ3) is 3.44. The van der Waals surface area contributed by atoms with Crippen LogP contribution in [0.3, 0.4) is 0 Å². The van der Waals surface area contributed by atoms with Crippen molar-refractivity contribution in [3.63, 3.8) is 0 Å². The average molecular weight is 378 g/mol. The largest absolute Gasteiger partial charge is 0.466 e. The van der Waals surface area contributed by atoms with E-state index in [4.69, 9.17) is 13.6 Å². The van der Waals surface area contributed by atoms with Crippen molar-refractivity contribution in [1.82, 2.24) is 20.0 Å². The van der Waals surface area contributed by atoms with Gasteiger partial charge < -0.3 is 13.6 Å². The summed E-state index contributed by atoms with van der Waals surface area (Å²) in [5.74, 6) is 1.52. The van der Waals surface area contributed by atoms with E-state index in [1.807, 2.05) is 45.0 Å². The third-order valence-corrected chi connectivity index (χ3v) is 4.24. The lowest BCUT2D eigenvalue weighted by Gasteiger charge is -2.06. The van der Waals surface area contributed by atoms with Crippen molar-refractivity contribution < 1.29 is 18.4 Å². The summed E-state index contributed by atoms with van der Waals surface area (Å²) in [5.41, 5.74) is 3.03. The lowest BCUT2D eigenvalue weighted by atomic mass is 10.2. The first-order valence-electron chi connectivity index (χ1n) is 8.69. The zero-order valence-electron chi connectivity index (χ0n) is 15.7. The topological polar surface area (TPSA) is 96.2 Å².